The number of carbonyl (C=O) groups is 1. The highest BCUT2D eigenvalue weighted by Crippen LogP contribution is 2.23. The van der Waals surface area contributed by atoms with Crippen LogP contribution in [0.4, 0.5) is 0 Å². The van der Waals surface area contributed by atoms with E-state index in [0.29, 0.717) is 12.5 Å². The molecule has 0 aliphatic carbocycles. The molecule has 0 bridgehead atoms. The summed E-state index contributed by atoms with van der Waals surface area (Å²) in [5, 5.41) is 0. The molecule has 0 amide bonds. The number of piperidine rings is 1. The molecule has 1 unspecified atom stereocenters. The third kappa shape index (κ3) is 4.49. The van der Waals surface area contributed by atoms with E-state index in [0.717, 1.165) is 25.9 Å². The maximum atomic E-state index is 12.4. The molecule has 1 aliphatic rings. The first kappa shape index (κ1) is 17.7. The van der Waals surface area contributed by atoms with Gasteiger partial charge in [0.05, 0.1) is 25.6 Å². The molecule has 2 atom stereocenters. The van der Waals surface area contributed by atoms with Crippen molar-refractivity contribution in [2.24, 2.45) is 0 Å². The summed E-state index contributed by atoms with van der Waals surface area (Å²) in [5.41, 5.74) is 2.63. The zero-order valence-electron chi connectivity index (χ0n) is 15.0. The molecule has 3 heteroatoms. The average Bonchev–Trinajstić information content (AvgIpc) is 2.68. The van der Waals surface area contributed by atoms with E-state index >= 15 is 0 Å². The zero-order chi connectivity index (χ0) is 17.5. The molecule has 3 nitrogen and oxygen atoms in total. The lowest BCUT2D eigenvalue weighted by atomic mass is 9.89. The van der Waals surface area contributed by atoms with Crippen LogP contribution in [0.1, 0.15) is 43.2 Å². The summed E-state index contributed by atoms with van der Waals surface area (Å²) in [5.74, 6) is 0.268. The number of rotatable bonds is 6. The van der Waals surface area contributed by atoms with Crippen LogP contribution in [-0.2, 0) is 9.53 Å². The Morgan fingerprint density at radius 2 is 1.64 bits per heavy atom. The molecule has 25 heavy (non-hydrogen) atoms. The normalized spacial score (nSPS) is 20.4. The number of quaternary nitrogens is 1. The molecule has 0 aromatic heterocycles. The SMILES string of the molecule is CCOC(=O)[C@@H]1CCCC[NH+]1CC(c1ccccc1)c1ccccc1. The van der Waals surface area contributed by atoms with Crippen molar-refractivity contribution in [3.8, 4) is 0 Å². The Kier molecular flexibility index (Phi) is 6.24. The van der Waals surface area contributed by atoms with Gasteiger partial charge >= 0.3 is 5.97 Å². The number of carbonyl (C=O) groups excluding carboxylic acids is 1. The maximum Gasteiger partial charge on any atom is 0.364 e. The van der Waals surface area contributed by atoms with Crippen LogP contribution in [0.2, 0.25) is 0 Å². The average molecular weight is 338 g/mol. The minimum Gasteiger partial charge on any atom is -0.462 e. The first-order chi connectivity index (χ1) is 12.3. The van der Waals surface area contributed by atoms with Crippen molar-refractivity contribution in [3.05, 3.63) is 71.8 Å². The van der Waals surface area contributed by atoms with Crippen LogP contribution in [-0.4, -0.2) is 31.7 Å². The van der Waals surface area contributed by atoms with Gasteiger partial charge in [-0.25, -0.2) is 4.79 Å². The van der Waals surface area contributed by atoms with Crippen LogP contribution < -0.4 is 4.90 Å². The van der Waals surface area contributed by atoms with Crippen LogP contribution in [0, 0.1) is 0 Å². The van der Waals surface area contributed by atoms with Gasteiger partial charge in [-0.3, -0.25) is 0 Å². The third-order valence-corrected chi connectivity index (χ3v) is 5.17. The summed E-state index contributed by atoms with van der Waals surface area (Å²) in [7, 11) is 0. The van der Waals surface area contributed by atoms with E-state index in [1.165, 1.54) is 22.4 Å². The van der Waals surface area contributed by atoms with Crippen molar-refractivity contribution >= 4 is 5.97 Å². The Labute approximate surface area is 150 Å². The van der Waals surface area contributed by atoms with Crippen LogP contribution in [0.25, 0.3) is 0 Å². The van der Waals surface area contributed by atoms with E-state index < -0.39 is 0 Å². The van der Waals surface area contributed by atoms with E-state index in [2.05, 4.69) is 60.7 Å². The molecule has 1 N–H and O–H groups in total. The van der Waals surface area contributed by atoms with Crippen molar-refractivity contribution in [1.29, 1.82) is 0 Å². The Balaban J connectivity index is 1.85. The van der Waals surface area contributed by atoms with Gasteiger partial charge in [0.15, 0.2) is 6.04 Å². The fraction of sp³-hybridized carbons (Fsp3) is 0.409. The Hall–Kier alpha value is -2.13. The fourth-order valence-corrected chi connectivity index (χ4v) is 3.91. The monoisotopic (exact) mass is 338 g/mol. The molecule has 2 aromatic carbocycles. The van der Waals surface area contributed by atoms with Crippen molar-refractivity contribution in [3.63, 3.8) is 0 Å². The van der Waals surface area contributed by atoms with Gasteiger partial charge in [0, 0.05) is 6.42 Å². The fourth-order valence-electron chi connectivity index (χ4n) is 3.91. The van der Waals surface area contributed by atoms with Crippen LogP contribution in [0.15, 0.2) is 60.7 Å². The molecule has 3 rings (SSSR count). The molecule has 0 saturated carbocycles. The minimum atomic E-state index is -0.0305. The van der Waals surface area contributed by atoms with Crippen LogP contribution in [0.3, 0.4) is 0 Å². The van der Waals surface area contributed by atoms with E-state index in [9.17, 15) is 4.79 Å². The highest BCUT2D eigenvalue weighted by Gasteiger charge is 2.35. The lowest BCUT2D eigenvalue weighted by Crippen LogP contribution is -3.18. The van der Waals surface area contributed by atoms with Gasteiger partial charge in [0.1, 0.15) is 0 Å². The highest BCUT2D eigenvalue weighted by molar-refractivity contribution is 5.74. The summed E-state index contributed by atoms with van der Waals surface area (Å²) >= 11 is 0. The molecule has 0 spiro atoms. The van der Waals surface area contributed by atoms with E-state index in [4.69, 9.17) is 4.74 Å². The second kappa shape index (κ2) is 8.82. The van der Waals surface area contributed by atoms with Crippen LogP contribution in [0.5, 0.6) is 0 Å². The molecule has 1 heterocycles. The molecule has 1 saturated heterocycles. The van der Waals surface area contributed by atoms with Crippen molar-refractivity contribution in [1.82, 2.24) is 0 Å². The third-order valence-electron chi connectivity index (χ3n) is 5.17. The first-order valence-electron chi connectivity index (χ1n) is 9.40. The van der Waals surface area contributed by atoms with Crippen molar-refractivity contribution in [2.45, 2.75) is 38.1 Å². The lowest BCUT2D eigenvalue weighted by Gasteiger charge is -2.33. The highest BCUT2D eigenvalue weighted by atomic mass is 16.5. The Morgan fingerprint density at radius 1 is 1.04 bits per heavy atom. The van der Waals surface area contributed by atoms with E-state index in [1.807, 2.05) is 6.92 Å². The minimum absolute atomic E-state index is 0.0244. The van der Waals surface area contributed by atoms with Crippen molar-refractivity contribution in [2.75, 3.05) is 19.7 Å². The predicted octanol–water partition coefficient (Wildman–Crippen LogP) is 2.82. The molecule has 1 aliphatic heterocycles. The topological polar surface area (TPSA) is 30.7 Å². The van der Waals surface area contributed by atoms with Crippen molar-refractivity contribution < 1.29 is 14.4 Å². The number of esters is 1. The predicted molar refractivity (Wildman–Crippen MR) is 99.7 cm³/mol. The summed E-state index contributed by atoms with van der Waals surface area (Å²) < 4.78 is 5.34. The number of benzene rings is 2. The number of hydrogen-bond acceptors (Lipinski definition) is 2. The largest absolute Gasteiger partial charge is 0.462 e. The molecule has 2 aromatic rings. The quantitative estimate of drug-likeness (QED) is 0.821. The second-order valence-corrected chi connectivity index (χ2v) is 6.79. The van der Waals surface area contributed by atoms with Gasteiger partial charge in [-0.2, -0.15) is 0 Å². The number of likely N-dealkylation sites (tertiary alicyclic amines) is 1. The number of nitrogens with one attached hydrogen (secondary N) is 1. The Morgan fingerprint density at radius 3 is 2.20 bits per heavy atom. The second-order valence-electron chi connectivity index (χ2n) is 6.79. The van der Waals surface area contributed by atoms with Gasteiger partial charge in [0.25, 0.3) is 0 Å². The summed E-state index contributed by atoms with van der Waals surface area (Å²) in [6, 6.07) is 21.3. The van der Waals surface area contributed by atoms with E-state index in [1.54, 1.807) is 0 Å². The maximum absolute atomic E-state index is 12.4. The van der Waals surface area contributed by atoms with Crippen LogP contribution >= 0.6 is 0 Å². The van der Waals surface area contributed by atoms with Gasteiger partial charge in [0.2, 0.25) is 0 Å². The lowest BCUT2D eigenvalue weighted by molar-refractivity contribution is -0.922. The molecule has 0 radical (unpaired) electrons. The molecule has 132 valence electrons. The number of hydrogen-bond donors (Lipinski definition) is 1. The summed E-state index contributed by atoms with van der Waals surface area (Å²) in [4.78, 5) is 13.8. The molecular formula is C22H28NO2+. The van der Waals surface area contributed by atoms with Gasteiger partial charge in [-0.15, -0.1) is 0 Å². The van der Waals surface area contributed by atoms with E-state index in [-0.39, 0.29) is 12.0 Å². The Bertz CT molecular complexity index is 617. The molecular weight excluding hydrogens is 310 g/mol. The summed E-state index contributed by atoms with van der Waals surface area (Å²) in [6.07, 6.45) is 3.24. The summed E-state index contributed by atoms with van der Waals surface area (Å²) in [6.45, 7) is 4.32. The zero-order valence-corrected chi connectivity index (χ0v) is 15.0. The standard InChI is InChI=1S/C22H27NO2/c1-2-25-22(24)21-15-9-10-16-23(21)17-20(18-11-5-3-6-12-18)19-13-7-4-8-14-19/h3-8,11-14,20-21H,2,9-10,15-17H2,1H3/p+1/t21-/m0/s1. The van der Waals surface area contributed by atoms with Gasteiger partial charge in [-0.1, -0.05) is 60.7 Å². The smallest absolute Gasteiger partial charge is 0.364 e. The van der Waals surface area contributed by atoms with Gasteiger partial charge in [-0.05, 0) is 30.9 Å². The number of ether oxygens (including phenoxy) is 1. The molecule has 1 fully saturated rings. The first-order valence-corrected chi connectivity index (χ1v) is 9.40. The van der Waals surface area contributed by atoms with Gasteiger partial charge < -0.3 is 9.64 Å².